The highest BCUT2D eigenvalue weighted by Crippen LogP contribution is 2.24. The summed E-state index contributed by atoms with van der Waals surface area (Å²) < 4.78 is 34.2. The summed E-state index contributed by atoms with van der Waals surface area (Å²) in [4.78, 5) is 12.4. The number of hydrogen-bond donors (Lipinski definition) is 1. The van der Waals surface area contributed by atoms with E-state index in [1.165, 1.54) is 12.1 Å². The Labute approximate surface area is 166 Å². The molecule has 0 heterocycles. The second kappa shape index (κ2) is 10.1. The maximum atomic E-state index is 12.2. The zero-order chi connectivity index (χ0) is 20.6. The van der Waals surface area contributed by atoms with E-state index in [2.05, 4.69) is 19.2 Å². The summed E-state index contributed by atoms with van der Waals surface area (Å²) in [7, 11) is -3.22. The molecule has 0 saturated heterocycles. The van der Waals surface area contributed by atoms with Crippen LogP contribution in [0.5, 0.6) is 11.5 Å². The molecule has 28 heavy (non-hydrogen) atoms. The van der Waals surface area contributed by atoms with Gasteiger partial charge in [0, 0.05) is 12.7 Å². The Kier molecular flexibility index (Phi) is 7.87. The lowest BCUT2D eigenvalue weighted by molar-refractivity contribution is -0.116. The fourth-order valence-corrected chi connectivity index (χ4v) is 3.00. The predicted molar refractivity (Wildman–Crippen MR) is 110 cm³/mol. The largest absolute Gasteiger partial charge is 0.494 e. The Morgan fingerprint density at radius 3 is 2.36 bits per heavy atom. The number of nitrogens with one attached hydrogen (secondary N) is 1. The molecule has 2 rings (SSSR count). The minimum absolute atomic E-state index is 0.114. The number of ether oxygens (including phenoxy) is 2. The molecule has 0 unspecified atom stereocenters. The first-order valence-corrected chi connectivity index (χ1v) is 11.1. The third kappa shape index (κ3) is 7.23. The molecule has 0 atom stereocenters. The van der Waals surface area contributed by atoms with Gasteiger partial charge in [-0.3, -0.25) is 4.79 Å². The fraction of sp³-hybridized carbons (Fsp3) is 0.381. The maximum Gasteiger partial charge on any atom is 0.224 e. The average molecular weight is 406 g/mol. The van der Waals surface area contributed by atoms with Gasteiger partial charge in [0.2, 0.25) is 5.91 Å². The highest BCUT2D eigenvalue weighted by Gasteiger charge is 2.09. The Morgan fingerprint density at radius 2 is 1.71 bits per heavy atom. The molecule has 0 bridgehead atoms. The van der Waals surface area contributed by atoms with Crippen LogP contribution in [0.25, 0.3) is 0 Å². The lowest BCUT2D eigenvalue weighted by Gasteiger charge is -2.14. The molecule has 0 spiro atoms. The van der Waals surface area contributed by atoms with Crippen LogP contribution in [-0.2, 0) is 14.6 Å². The number of carbonyl (C=O) groups excluding carboxylic acids is 1. The first-order valence-electron chi connectivity index (χ1n) is 9.20. The van der Waals surface area contributed by atoms with E-state index in [1.807, 2.05) is 24.3 Å². The number of para-hydroxylation sites is 2. The van der Waals surface area contributed by atoms with Gasteiger partial charge >= 0.3 is 0 Å². The number of carbonyl (C=O) groups is 1. The van der Waals surface area contributed by atoms with Crippen molar-refractivity contribution in [2.24, 2.45) is 5.92 Å². The second-order valence-electron chi connectivity index (χ2n) is 6.94. The zero-order valence-electron chi connectivity index (χ0n) is 16.5. The van der Waals surface area contributed by atoms with Gasteiger partial charge in [-0.15, -0.1) is 0 Å². The smallest absolute Gasteiger partial charge is 0.224 e. The van der Waals surface area contributed by atoms with E-state index in [0.717, 1.165) is 6.26 Å². The van der Waals surface area contributed by atoms with Crippen LogP contribution in [0.2, 0.25) is 0 Å². The molecule has 0 aromatic heterocycles. The minimum Gasteiger partial charge on any atom is -0.494 e. The van der Waals surface area contributed by atoms with E-state index >= 15 is 0 Å². The molecule has 0 aliphatic carbocycles. The molecule has 1 amide bonds. The molecule has 152 valence electrons. The molecule has 6 nitrogen and oxygen atoms in total. The fourth-order valence-electron chi connectivity index (χ4n) is 2.37. The van der Waals surface area contributed by atoms with Crippen molar-refractivity contribution in [3.63, 3.8) is 0 Å². The monoisotopic (exact) mass is 405 g/mol. The van der Waals surface area contributed by atoms with Crippen LogP contribution >= 0.6 is 0 Å². The number of anilines is 1. The molecule has 2 aromatic rings. The summed E-state index contributed by atoms with van der Waals surface area (Å²) in [5, 5.41) is 2.87. The average Bonchev–Trinajstić information content (AvgIpc) is 2.64. The summed E-state index contributed by atoms with van der Waals surface area (Å²) in [5.41, 5.74) is 0.658. The highest BCUT2D eigenvalue weighted by atomic mass is 32.2. The van der Waals surface area contributed by atoms with E-state index in [0.29, 0.717) is 49.2 Å². The molecule has 0 fully saturated rings. The van der Waals surface area contributed by atoms with Crippen LogP contribution in [0.4, 0.5) is 5.69 Å². The van der Waals surface area contributed by atoms with Gasteiger partial charge in [-0.05, 0) is 48.7 Å². The minimum atomic E-state index is -3.22. The number of benzene rings is 2. The standard InChI is InChI=1S/C21H27NO5S/c1-16(2)15-27-20-8-5-4-7-19(20)22-21(23)9-6-14-26-17-10-12-18(13-11-17)28(3,24)25/h4-5,7-8,10-13,16H,6,9,14-15H2,1-3H3,(H,22,23). The van der Waals surface area contributed by atoms with Crippen molar-refractivity contribution in [2.75, 3.05) is 24.8 Å². The summed E-state index contributed by atoms with van der Waals surface area (Å²) in [6, 6.07) is 13.6. The van der Waals surface area contributed by atoms with Gasteiger partial charge in [0.25, 0.3) is 0 Å². The van der Waals surface area contributed by atoms with Crippen LogP contribution in [0.15, 0.2) is 53.4 Å². The van der Waals surface area contributed by atoms with Gasteiger partial charge in [0.15, 0.2) is 9.84 Å². The van der Waals surface area contributed by atoms with Gasteiger partial charge < -0.3 is 14.8 Å². The van der Waals surface area contributed by atoms with Gasteiger partial charge in [-0.25, -0.2) is 8.42 Å². The highest BCUT2D eigenvalue weighted by molar-refractivity contribution is 7.90. The molecule has 0 aliphatic heterocycles. The SMILES string of the molecule is CC(C)COc1ccccc1NC(=O)CCCOc1ccc(S(C)(=O)=O)cc1. The second-order valence-corrected chi connectivity index (χ2v) is 8.96. The number of sulfone groups is 1. The number of amides is 1. The predicted octanol–water partition coefficient (Wildman–Crippen LogP) is 3.92. The van der Waals surface area contributed by atoms with E-state index in [1.54, 1.807) is 12.1 Å². The summed E-state index contributed by atoms with van der Waals surface area (Å²) >= 11 is 0. The van der Waals surface area contributed by atoms with Crippen molar-refractivity contribution in [3.05, 3.63) is 48.5 Å². The molecular formula is C21H27NO5S. The first kappa shape index (κ1) is 21.8. The molecule has 7 heteroatoms. The van der Waals surface area contributed by atoms with Crippen molar-refractivity contribution in [1.82, 2.24) is 0 Å². The summed E-state index contributed by atoms with van der Waals surface area (Å²) in [6.07, 6.45) is 2.00. The lowest BCUT2D eigenvalue weighted by Crippen LogP contribution is -2.14. The van der Waals surface area contributed by atoms with Crippen molar-refractivity contribution < 1.29 is 22.7 Å². The third-order valence-electron chi connectivity index (χ3n) is 3.80. The van der Waals surface area contributed by atoms with Crippen molar-refractivity contribution in [3.8, 4) is 11.5 Å². The van der Waals surface area contributed by atoms with Crippen LogP contribution in [0.3, 0.4) is 0 Å². The van der Waals surface area contributed by atoms with Crippen LogP contribution in [0.1, 0.15) is 26.7 Å². The van der Waals surface area contributed by atoms with E-state index in [9.17, 15) is 13.2 Å². The van der Waals surface area contributed by atoms with Crippen LogP contribution in [0, 0.1) is 5.92 Å². The van der Waals surface area contributed by atoms with Gasteiger partial charge in [0.05, 0.1) is 23.8 Å². The third-order valence-corrected chi connectivity index (χ3v) is 4.93. The maximum absolute atomic E-state index is 12.2. The molecule has 0 aliphatic rings. The normalized spacial score (nSPS) is 11.3. The van der Waals surface area contributed by atoms with E-state index in [-0.39, 0.29) is 10.8 Å². The Hall–Kier alpha value is -2.54. The first-order chi connectivity index (χ1) is 13.3. The van der Waals surface area contributed by atoms with Crippen molar-refractivity contribution in [1.29, 1.82) is 0 Å². The van der Waals surface area contributed by atoms with Crippen LogP contribution in [-0.4, -0.2) is 33.8 Å². The molecular weight excluding hydrogens is 378 g/mol. The Bertz CT molecular complexity index is 876. The number of rotatable bonds is 10. The Morgan fingerprint density at radius 1 is 1.04 bits per heavy atom. The molecule has 2 aromatic carbocycles. The quantitative estimate of drug-likeness (QED) is 0.606. The van der Waals surface area contributed by atoms with Crippen molar-refractivity contribution in [2.45, 2.75) is 31.6 Å². The van der Waals surface area contributed by atoms with E-state index < -0.39 is 9.84 Å². The molecule has 1 N–H and O–H groups in total. The number of hydrogen-bond acceptors (Lipinski definition) is 5. The van der Waals surface area contributed by atoms with Gasteiger partial charge in [0.1, 0.15) is 11.5 Å². The Balaban J connectivity index is 1.77. The lowest BCUT2D eigenvalue weighted by atomic mass is 10.2. The topological polar surface area (TPSA) is 81.7 Å². The van der Waals surface area contributed by atoms with E-state index in [4.69, 9.17) is 9.47 Å². The molecule has 0 radical (unpaired) electrons. The molecule has 0 saturated carbocycles. The van der Waals surface area contributed by atoms with Gasteiger partial charge in [-0.2, -0.15) is 0 Å². The van der Waals surface area contributed by atoms with Gasteiger partial charge in [-0.1, -0.05) is 26.0 Å². The van der Waals surface area contributed by atoms with Crippen LogP contribution < -0.4 is 14.8 Å². The summed E-state index contributed by atoms with van der Waals surface area (Å²) in [5.74, 6) is 1.51. The van der Waals surface area contributed by atoms with Crippen molar-refractivity contribution >= 4 is 21.4 Å². The zero-order valence-corrected chi connectivity index (χ0v) is 17.3. The summed E-state index contributed by atoms with van der Waals surface area (Å²) in [6.45, 7) is 5.07.